The molecule has 3 rings (SSSR count). The van der Waals surface area contributed by atoms with Gasteiger partial charge in [-0.3, -0.25) is 4.79 Å². The van der Waals surface area contributed by atoms with Gasteiger partial charge in [-0.15, -0.1) is 0 Å². The van der Waals surface area contributed by atoms with E-state index in [2.05, 4.69) is 55.6 Å². The first-order chi connectivity index (χ1) is 52.3. The first-order valence-electron chi connectivity index (χ1n) is 44.4. The third kappa shape index (κ3) is 47.3. The van der Waals surface area contributed by atoms with Crippen molar-refractivity contribution in [2.24, 2.45) is 0 Å². The van der Waals surface area contributed by atoms with E-state index in [9.17, 15) is 61.0 Å². The molecule has 0 aromatic heterocycles. The summed E-state index contributed by atoms with van der Waals surface area (Å²) < 4.78 is 34.5. The summed E-state index contributed by atoms with van der Waals surface area (Å²) in [6.07, 6.45) is 61.3. The third-order valence-corrected chi connectivity index (χ3v) is 22.1. The monoisotopic (exact) mass is 1520 g/mol. The summed E-state index contributed by atoms with van der Waals surface area (Å²) in [6, 6.07) is -0.973. The molecule has 0 aromatic carbocycles. The maximum absolute atomic E-state index is 13.5. The summed E-state index contributed by atoms with van der Waals surface area (Å²) in [6.45, 7) is 1.78. The molecule has 0 spiro atoms. The topological polar surface area (TPSA) is 307 Å². The van der Waals surface area contributed by atoms with E-state index in [1.165, 1.54) is 289 Å². The minimum atomic E-state index is -1.98. The van der Waals surface area contributed by atoms with Gasteiger partial charge in [-0.1, -0.05) is 358 Å². The number of aliphatic hydroxyl groups is 11. The van der Waals surface area contributed by atoms with Crippen LogP contribution in [-0.4, -0.2) is 193 Å². The van der Waals surface area contributed by atoms with Crippen molar-refractivity contribution in [1.82, 2.24) is 5.32 Å². The predicted octanol–water partition coefficient (Wildman–Crippen LogP) is 16.4. The minimum absolute atomic E-state index is 0.248. The van der Waals surface area contributed by atoms with Crippen molar-refractivity contribution in [3.63, 3.8) is 0 Å². The third-order valence-electron chi connectivity index (χ3n) is 22.1. The summed E-state index contributed by atoms with van der Waals surface area (Å²) in [4.78, 5) is 13.5. The Bertz CT molecular complexity index is 2120. The molecule has 0 radical (unpaired) electrons. The molecule has 0 saturated carbocycles. The maximum atomic E-state index is 13.5. The Hall–Kier alpha value is -2.25. The molecule has 3 aliphatic heterocycles. The zero-order valence-electron chi connectivity index (χ0n) is 67.6. The van der Waals surface area contributed by atoms with Gasteiger partial charge in [0.25, 0.3) is 0 Å². The highest BCUT2D eigenvalue weighted by Gasteiger charge is 2.54. The van der Waals surface area contributed by atoms with Gasteiger partial charge in [0.2, 0.25) is 5.91 Å². The molecule has 1 amide bonds. The molecule has 3 fully saturated rings. The van der Waals surface area contributed by atoms with Crippen LogP contribution in [0.2, 0.25) is 0 Å². The minimum Gasteiger partial charge on any atom is -0.394 e. The number of nitrogens with one attached hydrogen (secondary N) is 1. The number of carbonyl (C=O) groups is 1. The van der Waals surface area contributed by atoms with E-state index in [0.29, 0.717) is 6.42 Å². The highest BCUT2D eigenvalue weighted by Crippen LogP contribution is 2.34. The van der Waals surface area contributed by atoms with E-state index in [0.717, 1.165) is 57.8 Å². The standard InChI is InChI=1S/C88H163NO18/c1-3-5-7-9-11-13-15-17-19-21-23-25-26-27-28-29-30-31-32-33-34-35-36-37-38-39-40-41-42-43-44-46-48-50-52-54-56-58-60-62-64-66-76(94)89-71(72(93)65-63-61-59-57-55-53-51-49-47-45-24-22-20-18-16-14-12-10-8-6-4-2)70-102-86-82(100)79(97)84(74(68-91)104-86)107-88-83(101)80(98)85(75(69-92)105-88)106-87-81(99)78(96)77(95)73(67-90)103-87/h15,17,21,23,26-27,63,65,71-75,77-88,90-93,95-101H,3-14,16,18-20,22,24-25,28-62,64,66-70H2,1-2H3,(H,89,94)/b17-15-,23-21-,27-26-,65-63+. The lowest BCUT2D eigenvalue weighted by atomic mass is 9.96. The second-order valence-corrected chi connectivity index (χ2v) is 31.7. The highest BCUT2D eigenvalue weighted by molar-refractivity contribution is 5.76. The number of hydrogen-bond acceptors (Lipinski definition) is 18. The number of hydrogen-bond donors (Lipinski definition) is 12. The molecule has 0 aromatic rings. The number of allylic oxidation sites excluding steroid dienone is 7. The van der Waals surface area contributed by atoms with Crippen LogP contribution in [0.4, 0.5) is 0 Å². The molecule has 19 heteroatoms. The number of rotatable bonds is 72. The molecule has 0 bridgehead atoms. The Morgan fingerprint density at radius 2 is 0.617 bits per heavy atom. The Labute approximate surface area is 650 Å². The molecule has 12 N–H and O–H groups in total. The van der Waals surface area contributed by atoms with Crippen LogP contribution >= 0.6 is 0 Å². The smallest absolute Gasteiger partial charge is 0.220 e. The zero-order chi connectivity index (χ0) is 77.4. The SMILES string of the molecule is CCCCCCC/C=C\C/C=C\C/C=C\CCCCCCCCCCCCCCCCCCCCCCCCCCCCC(=O)NC(COC1OC(CO)C(OC2OC(CO)C(OC3OC(CO)C(O)C(O)C3O)C(O)C2O)C(O)C1O)C(O)/C=C/CCCCCCCCCCCCCCCCCCCCC. The quantitative estimate of drug-likeness (QED) is 0.0199. The van der Waals surface area contributed by atoms with E-state index in [4.69, 9.17) is 28.4 Å². The van der Waals surface area contributed by atoms with Crippen LogP contribution in [0, 0.1) is 0 Å². The van der Waals surface area contributed by atoms with Crippen molar-refractivity contribution < 1.29 is 89.4 Å². The van der Waals surface area contributed by atoms with Crippen molar-refractivity contribution in [3.05, 3.63) is 48.6 Å². The zero-order valence-corrected chi connectivity index (χ0v) is 67.6. The first kappa shape index (κ1) is 98.9. The maximum Gasteiger partial charge on any atom is 0.220 e. The number of ether oxygens (including phenoxy) is 6. The molecule has 3 saturated heterocycles. The first-order valence-corrected chi connectivity index (χ1v) is 44.4. The average Bonchev–Trinajstić information content (AvgIpc) is 0.782. The number of carbonyl (C=O) groups excluding carboxylic acids is 1. The molecule has 19 nitrogen and oxygen atoms in total. The van der Waals surface area contributed by atoms with E-state index in [-0.39, 0.29) is 18.9 Å². The van der Waals surface area contributed by atoms with Crippen molar-refractivity contribution in [3.8, 4) is 0 Å². The van der Waals surface area contributed by atoms with Gasteiger partial charge >= 0.3 is 0 Å². The second-order valence-electron chi connectivity index (χ2n) is 31.7. The molecule has 628 valence electrons. The fraction of sp³-hybridized carbons (Fsp3) is 0.898. The lowest BCUT2D eigenvalue weighted by molar-refractivity contribution is -0.379. The molecule has 3 heterocycles. The van der Waals surface area contributed by atoms with Gasteiger partial charge < -0.3 is 89.9 Å². The Kier molecular flexibility index (Phi) is 63.0. The fourth-order valence-electron chi connectivity index (χ4n) is 15.0. The van der Waals surface area contributed by atoms with Crippen LogP contribution in [0.25, 0.3) is 0 Å². The average molecular weight is 1520 g/mol. The molecule has 3 aliphatic rings. The van der Waals surface area contributed by atoms with Gasteiger partial charge in [0.05, 0.1) is 38.6 Å². The van der Waals surface area contributed by atoms with E-state index in [1.54, 1.807) is 6.08 Å². The summed E-state index contributed by atoms with van der Waals surface area (Å²) >= 11 is 0. The molecule has 17 atom stereocenters. The van der Waals surface area contributed by atoms with Gasteiger partial charge in [0.1, 0.15) is 73.2 Å². The van der Waals surface area contributed by atoms with Crippen LogP contribution in [0.1, 0.15) is 373 Å². The van der Waals surface area contributed by atoms with Gasteiger partial charge in [0, 0.05) is 6.42 Å². The van der Waals surface area contributed by atoms with Crippen molar-refractivity contribution in [1.29, 1.82) is 0 Å². The van der Waals surface area contributed by atoms with E-state index in [1.807, 2.05) is 6.08 Å². The number of amides is 1. The lowest BCUT2D eigenvalue weighted by Gasteiger charge is -2.48. The van der Waals surface area contributed by atoms with Crippen LogP contribution in [0.5, 0.6) is 0 Å². The van der Waals surface area contributed by atoms with Crippen LogP contribution in [0.3, 0.4) is 0 Å². The highest BCUT2D eigenvalue weighted by atomic mass is 16.8. The second kappa shape index (κ2) is 68.2. The summed E-state index contributed by atoms with van der Waals surface area (Å²) in [7, 11) is 0. The predicted molar refractivity (Wildman–Crippen MR) is 429 cm³/mol. The van der Waals surface area contributed by atoms with Crippen molar-refractivity contribution in [2.75, 3.05) is 26.4 Å². The van der Waals surface area contributed by atoms with Gasteiger partial charge in [-0.05, 0) is 57.8 Å². The van der Waals surface area contributed by atoms with Crippen LogP contribution in [-0.2, 0) is 33.2 Å². The van der Waals surface area contributed by atoms with Crippen LogP contribution < -0.4 is 5.32 Å². The number of unbranched alkanes of at least 4 members (excludes halogenated alkanes) is 50. The van der Waals surface area contributed by atoms with Gasteiger partial charge in [0.15, 0.2) is 18.9 Å². The molecule has 0 aliphatic carbocycles. The van der Waals surface area contributed by atoms with Gasteiger partial charge in [-0.25, -0.2) is 0 Å². The number of aliphatic hydroxyl groups excluding tert-OH is 11. The Balaban J connectivity index is 1.29. The van der Waals surface area contributed by atoms with Crippen molar-refractivity contribution >= 4 is 5.91 Å². The Morgan fingerprint density at radius 1 is 0.336 bits per heavy atom. The van der Waals surface area contributed by atoms with E-state index >= 15 is 0 Å². The molecule has 107 heavy (non-hydrogen) atoms. The fourth-order valence-corrected chi connectivity index (χ4v) is 15.0. The molecular formula is C88H163NO18. The van der Waals surface area contributed by atoms with Crippen LogP contribution in [0.15, 0.2) is 48.6 Å². The largest absolute Gasteiger partial charge is 0.394 e. The summed E-state index contributed by atoms with van der Waals surface area (Å²) in [5.41, 5.74) is 0. The lowest BCUT2D eigenvalue weighted by Crippen LogP contribution is -2.66. The summed E-state index contributed by atoms with van der Waals surface area (Å²) in [5.74, 6) is -0.268. The van der Waals surface area contributed by atoms with E-state index < -0.39 is 124 Å². The van der Waals surface area contributed by atoms with Gasteiger partial charge in [-0.2, -0.15) is 0 Å². The Morgan fingerprint density at radius 3 is 0.963 bits per heavy atom. The molecule has 17 unspecified atom stereocenters. The normalized spacial score (nSPS) is 25.7. The summed E-state index contributed by atoms with van der Waals surface area (Å²) in [5, 5.41) is 121. The molecular weight excluding hydrogens is 1360 g/mol. The van der Waals surface area contributed by atoms with Crippen molar-refractivity contribution in [2.45, 2.75) is 478 Å².